The standard InChI is InChI=1S/C31H39N3O4S/c1-30(2,3)38-29(37)33-31(4,5)28(36)32-25(19-23-20-39-26-14-10-9-13-24(23)26)27(35)34-17-15-22(16-18-34)21-11-7-6-8-12-21/h6-14,20,22,25H,15-19H2,1-5H3,(H,32,36)(H,33,37). The molecule has 208 valence electrons. The highest BCUT2D eigenvalue weighted by atomic mass is 32.1. The number of hydrogen-bond acceptors (Lipinski definition) is 5. The molecule has 0 saturated carbocycles. The van der Waals surface area contributed by atoms with Gasteiger partial charge in [-0.3, -0.25) is 9.59 Å². The zero-order valence-electron chi connectivity index (χ0n) is 23.5. The van der Waals surface area contributed by atoms with Crippen LogP contribution in [0.25, 0.3) is 10.1 Å². The lowest BCUT2D eigenvalue weighted by Gasteiger charge is -2.35. The average Bonchev–Trinajstić information content (AvgIpc) is 3.29. The first-order valence-corrected chi connectivity index (χ1v) is 14.4. The monoisotopic (exact) mass is 549 g/mol. The molecule has 2 aromatic carbocycles. The minimum Gasteiger partial charge on any atom is -0.444 e. The second-order valence-corrected chi connectivity index (χ2v) is 12.7. The van der Waals surface area contributed by atoms with E-state index in [2.05, 4.69) is 46.3 Å². The lowest BCUT2D eigenvalue weighted by atomic mass is 9.89. The summed E-state index contributed by atoms with van der Waals surface area (Å²) in [7, 11) is 0. The molecule has 8 heteroatoms. The van der Waals surface area contributed by atoms with Crippen molar-refractivity contribution in [3.8, 4) is 0 Å². The number of carbonyl (C=O) groups excluding carboxylic acids is 3. The molecule has 2 heterocycles. The van der Waals surface area contributed by atoms with E-state index in [1.54, 1.807) is 46.0 Å². The van der Waals surface area contributed by atoms with Crippen LogP contribution in [0.15, 0.2) is 60.0 Å². The van der Waals surface area contributed by atoms with Crippen LogP contribution in [-0.2, 0) is 20.7 Å². The van der Waals surface area contributed by atoms with E-state index in [0.717, 1.165) is 28.5 Å². The Hall–Kier alpha value is -3.39. The second kappa shape index (κ2) is 11.8. The summed E-state index contributed by atoms with van der Waals surface area (Å²) in [6.45, 7) is 9.78. The van der Waals surface area contributed by atoms with Crippen LogP contribution in [0.2, 0.25) is 0 Å². The van der Waals surface area contributed by atoms with Gasteiger partial charge < -0.3 is 20.3 Å². The lowest BCUT2D eigenvalue weighted by Crippen LogP contribution is -2.60. The molecule has 1 saturated heterocycles. The van der Waals surface area contributed by atoms with Crippen LogP contribution in [0.4, 0.5) is 4.79 Å². The molecule has 1 fully saturated rings. The van der Waals surface area contributed by atoms with Crippen molar-refractivity contribution < 1.29 is 19.1 Å². The minimum atomic E-state index is -1.28. The summed E-state index contributed by atoms with van der Waals surface area (Å²) in [4.78, 5) is 41.6. The number of fused-ring (bicyclic) bond motifs is 1. The van der Waals surface area contributed by atoms with Crippen molar-refractivity contribution in [2.24, 2.45) is 0 Å². The van der Waals surface area contributed by atoms with E-state index in [9.17, 15) is 14.4 Å². The molecule has 39 heavy (non-hydrogen) atoms. The number of piperidine rings is 1. The third-order valence-corrected chi connectivity index (χ3v) is 8.06. The third-order valence-electron chi connectivity index (χ3n) is 7.05. The Morgan fingerprint density at radius 3 is 2.28 bits per heavy atom. The smallest absolute Gasteiger partial charge is 0.408 e. The van der Waals surface area contributed by atoms with Gasteiger partial charge in [0.05, 0.1) is 0 Å². The van der Waals surface area contributed by atoms with E-state index < -0.39 is 29.2 Å². The SMILES string of the molecule is CC(C)(C)OC(=O)NC(C)(C)C(=O)NC(Cc1csc2ccccc12)C(=O)N1CCC(c2ccccc2)CC1. The fourth-order valence-corrected chi connectivity index (χ4v) is 5.92. The van der Waals surface area contributed by atoms with Crippen molar-refractivity contribution in [1.29, 1.82) is 0 Å². The highest BCUT2D eigenvalue weighted by Gasteiger charge is 2.36. The van der Waals surface area contributed by atoms with Gasteiger partial charge in [-0.25, -0.2) is 4.79 Å². The van der Waals surface area contributed by atoms with Crippen LogP contribution >= 0.6 is 11.3 Å². The van der Waals surface area contributed by atoms with Gasteiger partial charge in [-0.2, -0.15) is 0 Å². The van der Waals surface area contributed by atoms with Gasteiger partial charge >= 0.3 is 6.09 Å². The zero-order valence-corrected chi connectivity index (χ0v) is 24.3. The van der Waals surface area contributed by atoms with Gasteiger partial charge in [-0.1, -0.05) is 48.5 Å². The van der Waals surface area contributed by atoms with Crippen molar-refractivity contribution in [2.75, 3.05) is 13.1 Å². The summed E-state index contributed by atoms with van der Waals surface area (Å²) in [6, 6.07) is 17.7. The van der Waals surface area contributed by atoms with Crippen LogP contribution in [0.1, 0.15) is 64.5 Å². The summed E-state index contributed by atoms with van der Waals surface area (Å²) in [5.74, 6) is -0.121. The summed E-state index contributed by atoms with van der Waals surface area (Å²) in [6.07, 6.45) is 1.44. The normalized spacial score (nSPS) is 15.6. The van der Waals surface area contributed by atoms with E-state index in [4.69, 9.17) is 4.74 Å². The van der Waals surface area contributed by atoms with Gasteiger partial charge in [0.2, 0.25) is 11.8 Å². The van der Waals surface area contributed by atoms with Crippen LogP contribution in [-0.4, -0.2) is 53.1 Å². The molecular weight excluding hydrogens is 510 g/mol. The molecule has 1 atom stereocenters. The molecule has 0 bridgehead atoms. The van der Waals surface area contributed by atoms with E-state index in [-0.39, 0.29) is 5.91 Å². The van der Waals surface area contributed by atoms with Crippen LogP contribution in [0.5, 0.6) is 0 Å². The van der Waals surface area contributed by atoms with Crippen molar-refractivity contribution >= 4 is 39.3 Å². The van der Waals surface area contributed by atoms with Gasteiger partial charge in [-0.15, -0.1) is 11.3 Å². The predicted octanol–water partition coefficient (Wildman–Crippen LogP) is 5.64. The maximum atomic E-state index is 13.9. The summed E-state index contributed by atoms with van der Waals surface area (Å²) in [5, 5.41) is 8.77. The second-order valence-electron chi connectivity index (χ2n) is 11.7. The summed E-state index contributed by atoms with van der Waals surface area (Å²) < 4.78 is 6.49. The van der Waals surface area contributed by atoms with Crippen LogP contribution < -0.4 is 10.6 Å². The molecule has 3 aromatic rings. The van der Waals surface area contributed by atoms with E-state index in [1.165, 1.54) is 5.56 Å². The summed E-state index contributed by atoms with van der Waals surface area (Å²) in [5.41, 5.74) is 0.347. The zero-order chi connectivity index (χ0) is 28.2. The Balaban J connectivity index is 1.50. The van der Waals surface area contributed by atoms with E-state index in [1.807, 2.05) is 29.2 Å². The Morgan fingerprint density at radius 1 is 0.974 bits per heavy atom. The van der Waals surface area contributed by atoms with Crippen LogP contribution in [0, 0.1) is 0 Å². The van der Waals surface area contributed by atoms with Crippen molar-refractivity contribution in [3.63, 3.8) is 0 Å². The van der Waals surface area contributed by atoms with Gasteiger partial charge in [-0.05, 0) is 81.3 Å². The number of carbonyl (C=O) groups is 3. The number of hydrogen-bond donors (Lipinski definition) is 2. The highest BCUT2D eigenvalue weighted by molar-refractivity contribution is 7.17. The van der Waals surface area contributed by atoms with Gasteiger partial charge in [0, 0.05) is 24.2 Å². The number of nitrogens with one attached hydrogen (secondary N) is 2. The molecule has 7 nitrogen and oxygen atoms in total. The molecule has 0 radical (unpaired) electrons. The van der Waals surface area contributed by atoms with E-state index >= 15 is 0 Å². The molecule has 3 amide bonds. The Morgan fingerprint density at radius 2 is 1.62 bits per heavy atom. The Labute approximate surface area is 234 Å². The molecule has 0 aliphatic carbocycles. The van der Waals surface area contributed by atoms with Crippen molar-refractivity contribution in [3.05, 3.63) is 71.1 Å². The van der Waals surface area contributed by atoms with Gasteiger partial charge in [0.25, 0.3) is 0 Å². The number of thiophene rings is 1. The molecule has 2 N–H and O–H groups in total. The van der Waals surface area contributed by atoms with Crippen molar-refractivity contribution in [2.45, 2.75) is 77.0 Å². The Bertz CT molecular complexity index is 1300. The first kappa shape index (κ1) is 28.6. The molecule has 1 aliphatic heterocycles. The van der Waals surface area contributed by atoms with Gasteiger partial charge in [0.15, 0.2) is 0 Å². The van der Waals surface area contributed by atoms with Gasteiger partial charge in [0.1, 0.15) is 17.2 Å². The first-order valence-electron chi connectivity index (χ1n) is 13.5. The number of rotatable bonds is 7. The highest BCUT2D eigenvalue weighted by Crippen LogP contribution is 2.30. The fraction of sp³-hybridized carbons (Fsp3) is 0.452. The Kier molecular flexibility index (Phi) is 8.64. The number of alkyl carbamates (subject to hydrolysis) is 1. The first-order chi connectivity index (χ1) is 18.4. The quantitative estimate of drug-likeness (QED) is 0.399. The van der Waals surface area contributed by atoms with Crippen LogP contribution in [0.3, 0.4) is 0 Å². The predicted molar refractivity (Wildman–Crippen MR) is 156 cm³/mol. The molecule has 1 unspecified atom stereocenters. The topological polar surface area (TPSA) is 87.7 Å². The molecule has 4 rings (SSSR count). The number of benzene rings is 2. The molecule has 1 aliphatic rings. The fourth-order valence-electron chi connectivity index (χ4n) is 4.94. The van der Waals surface area contributed by atoms with Crippen molar-refractivity contribution in [1.82, 2.24) is 15.5 Å². The number of amides is 3. The number of ether oxygens (including phenoxy) is 1. The maximum absolute atomic E-state index is 13.9. The molecular formula is C31H39N3O4S. The lowest BCUT2D eigenvalue weighted by molar-refractivity contribution is -0.138. The molecule has 0 spiro atoms. The number of likely N-dealkylation sites (tertiary alicyclic amines) is 1. The minimum absolute atomic E-state index is 0.0989. The maximum Gasteiger partial charge on any atom is 0.408 e. The third kappa shape index (κ3) is 7.38. The molecule has 1 aromatic heterocycles. The average molecular weight is 550 g/mol. The number of nitrogens with zero attached hydrogens (tertiary/aromatic N) is 1. The summed E-state index contributed by atoms with van der Waals surface area (Å²) >= 11 is 1.63. The van der Waals surface area contributed by atoms with E-state index in [0.29, 0.717) is 25.4 Å². The largest absolute Gasteiger partial charge is 0.444 e.